The van der Waals surface area contributed by atoms with Gasteiger partial charge in [0.15, 0.2) is 5.96 Å². The van der Waals surface area contributed by atoms with Gasteiger partial charge in [0.2, 0.25) is 0 Å². The summed E-state index contributed by atoms with van der Waals surface area (Å²) in [5, 5.41) is 7.21. The number of hydrogen-bond acceptors (Lipinski definition) is 3. The molecule has 0 heterocycles. The van der Waals surface area contributed by atoms with Crippen LogP contribution in [0.2, 0.25) is 0 Å². The van der Waals surface area contributed by atoms with E-state index in [-0.39, 0.29) is 0 Å². The molecular weight excluding hydrogens is 376 g/mol. The summed E-state index contributed by atoms with van der Waals surface area (Å²) >= 11 is 1.75. The van der Waals surface area contributed by atoms with Gasteiger partial charge in [-0.25, -0.2) is 4.99 Å². The Labute approximate surface area is 181 Å². The number of rotatable bonds is 7. The number of guanidine groups is 1. The molecule has 4 nitrogen and oxygen atoms in total. The van der Waals surface area contributed by atoms with Gasteiger partial charge in [0.25, 0.3) is 0 Å². The van der Waals surface area contributed by atoms with Crippen LogP contribution in [0.1, 0.15) is 57.8 Å². The molecule has 29 heavy (non-hydrogen) atoms. The van der Waals surface area contributed by atoms with E-state index in [0.717, 1.165) is 23.5 Å². The first-order chi connectivity index (χ1) is 14.2. The van der Waals surface area contributed by atoms with Crippen molar-refractivity contribution in [3.63, 3.8) is 0 Å². The molecular formula is C24H38N4S. The van der Waals surface area contributed by atoms with Gasteiger partial charge >= 0.3 is 0 Å². The van der Waals surface area contributed by atoms with Crippen molar-refractivity contribution >= 4 is 23.4 Å². The first kappa shape index (κ1) is 22.2. The Hall–Kier alpha value is -1.46. The maximum Gasteiger partial charge on any atom is 0.196 e. The highest BCUT2D eigenvalue weighted by Crippen LogP contribution is 2.35. The number of para-hydroxylation sites is 1. The Morgan fingerprint density at radius 3 is 2.41 bits per heavy atom. The summed E-state index contributed by atoms with van der Waals surface area (Å²) in [6.07, 6.45) is 15.6. The highest BCUT2D eigenvalue weighted by atomic mass is 32.2. The largest absolute Gasteiger partial charge is 0.353 e. The lowest BCUT2D eigenvalue weighted by Gasteiger charge is -2.34. The van der Waals surface area contributed by atoms with E-state index in [1.165, 1.54) is 62.7 Å². The van der Waals surface area contributed by atoms with Crippen LogP contribution >= 0.6 is 11.8 Å². The molecule has 0 unspecified atom stereocenters. The van der Waals surface area contributed by atoms with Gasteiger partial charge in [-0.1, -0.05) is 18.2 Å². The van der Waals surface area contributed by atoms with Crippen molar-refractivity contribution < 1.29 is 0 Å². The smallest absolute Gasteiger partial charge is 0.196 e. The molecule has 2 aliphatic carbocycles. The van der Waals surface area contributed by atoms with E-state index in [1.807, 2.05) is 6.08 Å². The minimum atomic E-state index is 0.461. The lowest BCUT2D eigenvalue weighted by molar-refractivity contribution is 0.221. The fourth-order valence-corrected chi connectivity index (χ4v) is 5.34. The van der Waals surface area contributed by atoms with E-state index in [9.17, 15) is 0 Å². The molecule has 4 N–H and O–H groups in total. The van der Waals surface area contributed by atoms with Gasteiger partial charge in [-0.05, 0) is 88.0 Å². The molecule has 0 aromatic heterocycles. The zero-order chi connectivity index (χ0) is 20.5. The van der Waals surface area contributed by atoms with E-state index >= 15 is 0 Å². The molecule has 0 bridgehead atoms. The quantitative estimate of drug-likeness (QED) is 0.241. The van der Waals surface area contributed by atoms with Crippen molar-refractivity contribution in [3.8, 4) is 0 Å². The number of aliphatic imine (C=N–C) groups is 1. The molecule has 0 aliphatic heterocycles. The molecule has 0 atom stereocenters. The zero-order valence-electron chi connectivity index (χ0n) is 17.9. The van der Waals surface area contributed by atoms with Crippen molar-refractivity contribution in [2.45, 2.75) is 74.8 Å². The molecule has 2 saturated carbocycles. The first-order valence-corrected chi connectivity index (χ1v) is 12.5. The lowest BCUT2D eigenvalue weighted by Crippen LogP contribution is -2.41. The lowest BCUT2D eigenvalue weighted by atomic mass is 9.76. The van der Waals surface area contributed by atoms with Gasteiger partial charge in [-0.3, -0.25) is 0 Å². The molecule has 0 spiro atoms. The monoisotopic (exact) mass is 414 g/mol. The predicted octanol–water partition coefficient (Wildman–Crippen LogP) is 5.42. The molecule has 5 heteroatoms. The van der Waals surface area contributed by atoms with Crippen molar-refractivity contribution in [2.75, 3.05) is 18.1 Å². The molecule has 0 saturated heterocycles. The summed E-state index contributed by atoms with van der Waals surface area (Å²) in [6, 6.07) is 9.36. The topological polar surface area (TPSA) is 62.4 Å². The molecule has 2 fully saturated rings. The second-order valence-corrected chi connectivity index (χ2v) is 9.53. The van der Waals surface area contributed by atoms with Gasteiger partial charge in [-0.2, -0.15) is 0 Å². The maximum absolute atomic E-state index is 6.07. The Morgan fingerprint density at radius 1 is 1.10 bits per heavy atom. The Morgan fingerprint density at radius 2 is 1.76 bits per heavy atom. The number of thioether (sulfide) groups is 1. The molecule has 0 amide bonds. The number of anilines is 1. The van der Waals surface area contributed by atoms with Gasteiger partial charge < -0.3 is 16.4 Å². The Bertz CT molecular complexity index is 659. The van der Waals surface area contributed by atoms with Crippen LogP contribution in [-0.2, 0) is 0 Å². The third-order valence-electron chi connectivity index (χ3n) is 6.48. The average molecular weight is 415 g/mol. The summed E-state index contributed by atoms with van der Waals surface area (Å²) < 4.78 is 0. The van der Waals surface area contributed by atoms with E-state index in [4.69, 9.17) is 5.73 Å². The van der Waals surface area contributed by atoms with Gasteiger partial charge in [0.1, 0.15) is 0 Å². The van der Waals surface area contributed by atoms with Gasteiger partial charge in [-0.15, -0.1) is 18.3 Å². The maximum atomic E-state index is 6.07. The summed E-state index contributed by atoms with van der Waals surface area (Å²) in [4.78, 5) is 5.91. The second kappa shape index (κ2) is 11.7. The molecule has 3 rings (SSSR count). The second-order valence-electron chi connectivity index (χ2n) is 8.68. The fourth-order valence-electron chi connectivity index (χ4n) is 4.78. The fraction of sp³-hybridized carbons (Fsp3) is 0.625. The standard InChI is InChI=1S/C24H38N4S/c1-3-16-26-24(28-22-6-4-5-7-23(22)29-2)27-21-14-10-19(11-15-21)17-18-8-12-20(25)13-9-18/h3-7,18-21H,1,8-17,25H2,2H3,(H2,26,27,28). The Kier molecular flexibility index (Phi) is 8.93. The third-order valence-corrected chi connectivity index (χ3v) is 7.28. The number of nitrogens with zero attached hydrogens (tertiary/aromatic N) is 1. The molecule has 160 valence electrons. The number of hydrogen-bond donors (Lipinski definition) is 3. The molecule has 1 aromatic rings. The number of benzene rings is 1. The SMILES string of the molecule is C=CCN=C(Nc1ccccc1SC)NC1CCC(CC2CCC(N)CC2)CC1. The summed E-state index contributed by atoms with van der Waals surface area (Å²) in [5.41, 5.74) is 7.18. The van der Waals surface area contributed by atoms with Crippen LogP contribution in [0.25, 0.3) is 0 Å². The molecule has 0 radical (unpaired) electrons. The van der Waals surface area contributed by atoms with Crippen molar-refractivity contribution in [1.29, 1.82) is 0 Å². The Balaban J connectivity index is 1.50. The first-order valence-electron chi connectivity index (χ1n) is 11.3. The van der Waals surface area contributed by atoms with E-state index in [2.05, 4.69) is 52.7 Å². The number of nitrogens with one attached hydrogen (secondary N) is 2. The van der Waals surface area contributed by atoms with Crippen LogP contribution in [0.5, 0.6) is 0 Å². The highest BCUT2D eigenvalue weighted by Gasteiger charge is 2.26. The third kappa shape index (κ3) is 7.07. The van der Waals surface area contributed by atoms with Crippen LogP contribution < -0.4 is 16.4 Å². The van der Waals surface area contributed by atoms with Gasteiger partial charge in [0.05, 0.1) is 12.2 Å². The minimum absolute atomic E-state index is 0.461. The molecule has 2 aliphatic rings. The average Bonchev–Trinajstić information content (AvgIpc) is 2.75. The highest BCUT2D eigenvalue weighted by molar-refractivity contribution is 7.98. The van der Waals surface area contributed by atoms with Crippen LogP contribution in [0, 0.1) is 11.8 Å². The van der Waals surface area contributed by atoms with Crippen molar-refractivity contribution in [1.82, 2.24) is 5.32 Å². The predicted molar refractivity (Wildman–Crippen MR) is 128 cm³/mol. The van der Waals surface area contributed by atoms with Crippen molar-refractivity contribution in [3.05, 3.63) is 36.9 Å². The zero-order valence-corrected chi connectivity index (χ0v) is 18.7. The summed E-state index contributed by atoms with van der Waals surface area (Å²) in [7, 11) is 0. The minimum Gasteiger partial charge on any atom is -0.353 e. The van der Waals surface area contributed by atoms with Gasteiger partial charge in [0, 0.05) is 17.0 Å². The summed E-state index contributed by atoms with van der Waals surface area (Å²) in [6.45, 7) is 4.44. The van der Waals surface area contributed by atoms with Crippen LogP contribution in [-0.4, -0.2) is 30.8 Å². The van der Waals surface area contributed by atoms with E-state index in [1.54, 1.807) is 11.8 Å². The van der Waals surface area contributed by atoms with E-state index in [0.29, 0.717) is 18.6 Å². The normalized spacial score (nSPS) is 28.0. The van der Waals surface area contributed by atoms with Crippen LogP contribution in [0.3, 0.4) is 0 Å². The summed E-state index contributed by atoms with van der Waals surface area (Å²) in [5.74, 6) is 2.68. The van der Waals surface area contributed by atoms with Crippen LogP contribution in [0.15, 0.2) is 46.8 Å². The van der Waals surface area contributed by atoms with Crippen LogP contribution in [0.4, 0.5) is 5.69 Å². The van der Waals surface area contributed by atoms with Crippen molar-refractivity contribution in [2.24, 2.45) is 22.6 Å². The number of nitrogens with two attached hydrogens (primary N) is 1. The van der Waals surface area contributed by atoms with E-state index < -0.39 is 0 Å². The molecule has 1 aromatic carbocycles.